The Labute approximate surface area is 116 Å². The molecule has 19 heavy (non-hydrogen) atoms. The predicted molar refractivity (Wildman–Crippen MR) is 74.8 cm³/mol. The van der Waals surface area contributed by atoms with Crippen molar-refractivity contribution in [2.75, 3.05) is 0 Å². The second-order valence-electron chi connectivity index (χ2n) is 5.06. The van der Waals surface area contributed by atoms with Gasteiger partial charge in [-0.1, -0.05) is 29.9 Å². The zero-order valence-corrected chi connectivity index (χ0v) is 11.4. The van der Waals surface area contributed by atoms with Crippen molar-refractivity contribution in [2.45, 2.75) is 32.4 Å². The van der Waals surface area contributed by atoms with E-state index in [1.54, 1.807) is 4.90 Å². The number of fused-ring (bicyclic) bond motifs is 1. The average molecular weight is 274 g/mol. The second-order valence-corrected chi connectivity index (χ2v) is 5.50. The maximum absolute atomic E-state index is 12.4. The topological polar surface area (TPSA) is 49.4 Å². The number of amides is 2. The van der Waals surface area contributed by atoms with Gasteiger partial charge in [-0.15, -0.1) is 0 Å². The molecular weight excluding hydrogens is 260 g/mol. The van der Waals surface area contributed by atoms with E-state index < -0.39 is 0 Å². The molecule has 0 saturated carbocycles. The van der Waals surface area contributed by atoms with Crippen LogP contribution in [0, 0.1) is 6.92 Å². The van der Waals surface area contributed by atoms with E-state index in [0.29, 0.717) is 24.4 Å². The van der Waals surface area contributed by atoms with Gasteiger partial charge in [-0.3, -0.25) is 9.59 Å². The Kier molecular flexibility index (Phi) is 2.86. The fourth-order valence-electron chi connectivity index (χ4n) is 2.70. The highest BCUT2D eigenvalue weighted by atomic mass is 32.1. The molecule has 98 valence electrons. The lowest BCUT2D eigenvalue weighted by Gasteiger charge is -2.31. The number of thiocarbonyl (C=S) groups is 1. The summed E-state index contributed by atoms with van der Waals surface area (Å²) in [5, 5.41) is 2.66. The van der Waals surface area contributed by atoms with Gasteiger partial charge in [-0.2, -0.15) is 0 Å². The van der Waals surface area contributed by atoms with E-state index in [-0.39, 0.29) is 17.9 Å². The molecule has 3 rings (SSSR count). The Bertz CT molecular complexity index is 597. The molecule has 1 aromatic carbocycles. The van der Waals surface area contributed by atoms with Crippen LogP contribution in [0.1, 0.15) is 34.3 Å². The molecule has 2 heterocycles. The van der Waals surface area contributed by atoms with E-state index in [9.17, 15) is 9.59 Å². The minimum Gasteiger partial charge on any atom is -0.325 e. The Morgan fingerprint density at radius 2 is 2.16 bits per heavy atom. The molecule has 2 aliphatic rings. The Balaban J connectivity index is 1.87. The molecule has 2 aliphatic heterocycles. The van der Waals surface area contributed by atoms with Crippen molar-refractivity contribution < 1.29 is 9.59 Å². The fraction of sp³-hybridized carbons (Fsp3) is 0.357. The van der Waals surface area contributed by atoms with Crippen LogP contribution in [0.4, 0.5) is 0 Å². The summed E-state index contributed by atoms with van der Waals surface area (Å²) in [6.07, 6.45) is 1.04. The first-order chi connectivity index (χ1) is 9.06. The van der Waals surface area contributed by atoms with Crippen LogP contribution in [0.15, 0.2) is 18.2 Å². The average Bonchev–Trinajstić information content (AvgIpc) is 2.66. The van der Waals surface area contributed by atoms with Gasteiger partial charge in [-0.05, 0) is 25.0 Å². The van der Waals surface area contributed by atoms with E-state index in [0.717, 1.165) is 16.7 Å². The minimum atomic E-state index is -0.159. The van der Waals surface area contributed by atoms with Crippen LogP contribution in [0.5, 0.6) is 0 Å². The Morgan fingerprint density at radius 3 is 2.89 bits per heavy atom. The zero-order chi connectivity index (χ0) is 13.6. The van der Waals surface area contributed by atoms with Crippen molar-refractivity contribution >= 4 is 29.0 Å². The zero-order valence-electron chi connectivity index (χ0n) is 10.6. The summed E-state index contributed by atoms with van der Waals surface area (Å²) in [6, 6.07) is 5.70. The SMILES string of the molecule is Cc1ccc2c(c1)CN(C1CCC(=O)NC1=S)C2=O. The number of aryl methyl sites for hydroxylation is 1. The smallest absolute Gasteiger partial charge is 0.255 e. The van der Waals surface area contributed by atoms with Gasteiger partial charge >= 0.3 is 0 Å². The lowest BCUT2D eigenvalue weighted by molar-refractivity contribution is -0.120. The number of carbonyl (C=O) groups is 2. The Hall–Kier alpha value is -1.75. The highest BCUT2D eigenvalue weighted by Crippen LogP contribution is 2.28. The van der Waals surface area contributed by atoms with Gasteiger partial charge in [0.25, 0.3) is 5.91 Å². The Morgan fingerprint density at radius 1 is 1.37 bits per heavy atom. The summed E-state index contributed by atoms with van der Waals surface area (Å²) in [5.74, 6) is -0.0419. The van der Waals surface area contributed by atoms with Crippen LogP contribution in [-0.2, 0) is 11.3 Å². The molecule has 5 heteroatoms. The fourth-order valence-corrected chi connectivity index (χ4v) is 3.06. The molecule has 1 N–H and O–H groups in total. The number of nitrogens with one attached hydrogen (secondary N) is 1. The highest BCUT2D eigenvalue weighted by molar-refractivity contribution is 7.80. The molecule has 1 fully saturated rings. The van der Waals surface area contributed by atoms with Crippen molar-refractivity contribution in [3.05, 3.63) is 34.9 Å². The molecule has 1 unspecified atom stereocenters. The molecule has 0 aromatic heterocycles. The molecule has 4 nitrogen and oxygen atoms in total. The van der Waals surface area contributed by atoms with Gasteiger partial charge in [0.1, 0.15) is 4.99 Å². The van der Waals surface area contributed by atoms with Crippen LogP contribution in [0.2, 0.25) is 0 Å². The molecule has 0 spiro atoms. The van der Waals surface area contributed by atoms with Crippen molar-refractivity contribution in [2.24, 2.45) is 0 Å². The number of piperidine rings is 1. The molecule has 1 aromatic rings. The molecule has 0 aliphatic carbocycles. The number of nitrogens with zero attached hydrogens (tertiary/aromatic N) is 1. The maximum Gasteiger partial charge on any atom is 0.255 e. The lowest BCUT2D eigenvalue weighted by atomic mass is 10.1. The number of hydrogen-bond acceptors (Lipinski definition) is 3. The maximum atomic E-state index is 12.4. The lowest BCUT2D eigenvalue weighted by Crippen LogP contribution is -2.51. The van der Waals surface area contributed by atoms with Crippen LogP contribution in [0.25, 0.3) is 0 Å². The van der Waals surface area contributed by atoms with Gasteiger partial charge in [0.15, 0.2) is 0 Å². The first-order valence-electron chi connectivity index (χ1n) is 6.30. The number of rotatable bonds is 1. The summed E-state index contributed by atoms with van der Waals surface area (Å²) < 4.78 is 0. The minimum absolute atomic E-state index is 0.0125. The normalized spacial score (nSPS) is 22.5. The first kappa shape index (κ1) is 12.3. The summed E-state index contributed by atoms with van der Waals surface area (Å²) in [5.41, 5.74) is 2.95. The largest absolute Gasteiger partial charge is 0.325 e. The van der Waals surface area contributed by atoms with Crippen molar-refractivity contribution in [3.63, 3.8) is 0 Å². The van der Waals surface area contributed by atoms with Gasteiger partial charge in [-0.25, -0.2) is 0 Å². The van der Waals surface area contributed by atoms with Gasteiger partial charge in [0.2, 0.25) is 5.91 Å². The summed E-state index contributed by atoms with van der Waals surface area (Å²) in [7, 11) is 0. The quantitative estimate of drug-likeness (QED) is 0.791. The molecule has 0 bridgehead atoms. The third kappa shape index (κ3) is 2.04. The molecule has 1 saturated heterocycles. The van der Waals surface area contributed by atoms with E-state index in [2.05, 4.69) is 5.32 Å². The molecule has 2 amide bonds. The van der Waals surface area contributed by atoms with E-state index in [1.807, 2.05) is 25.1 Å². The summed E-state index contributed by atoms with van der Waals surface area (Å²) >= 11 is 5.20. The van der Waals surface area contributed by atoms with E-state index in [1.165, 1.54) is 0 Å². The van der Waals surface area contributed by atoms with Gasteiger partial charge in [0.05, 0.1) is 6.04 Å². The number of carbonyl (C=O) groups excluding carboxylic acids is 2. The van der Waals surface area contributed by atoms with E-state index in [4.69, 9.17) is 12.2 Å². The van der Waals surface area contributed by atoms with Crippen molar-refractivity contribution in [1.82, 2.24) is 10.2 Å². The monoisotopic (exact) mass is 274 g/mol. The van der Waals surface area contributed by atoms with Gasteiger partial charge in [0, 0.05) is 18.5 Å². The van der Waals surface area contributed by atoms with Crippen molar-refractivity contribution in [3.8, 4) is 0 Å². The van der Waals surface area contributed by atoms with Crippen LogP contribution >= 0.6 is 12.2 Å². The molecule has 0 radical (unpaired) electrons. The standard InChI is InChI=1S/C14H14N2O2S/c1-8-2-3-10-9(6-8)7-16(14(10)18)11-4-5-12(17)15-13(11)19/h2-3,6,11H,4-5,7H2,1H3,(H,15,17,19). The van der Waals surface area contributed by atoms with Gasteiger partial charge < -0.3 is 10.2 Å². The summed E-state index contributed by atoms with van der Waals surface area (Å²) in [6.45, 7) is 2.59. The predicted octanol–water partition coefficient (Wildman–Crippen LogP) is 1.56. The molecule has 1 atom stereocenters. The first-order valence-corrected chi connectivity index (χ1v) is 6.71. The third-order valence-corrected chi connectivity index (χ3v) is 4.05. The van der Waals surface area contributed by atoms with Crippen molar-refractivity contribution in [1.29, 1.82) is 0 Å². The third-order valence-electron chi connectivity index (χ3n) is 3.68. The summed E-state index contributed by atoms with van der Waals surface area (Å²) in [4.78, 5) is 25.9. The molecular formula is C14H14N2O2S. The van der Waals surface area contributed by atoms with Crippen LogP contribution in [-0.4, -0.2) is 27.7 Å². The number of benzene rings is 1. The highest BCUT2D eigenvalue weighted by Gasteiger charge is 2.36. The van der Waals surface area contributed by atoms with E-state index >= 15 is 0 Å². The van der Waals surface area contributed by atoms with Crippen LogP contribution in [0.3, 0.4) is 0 Å². The second kappa shape index (κ2) is 4.42. The number of hydrogen-bond donors (Lipinski definition) is 1. The van der Waals surface area contributed by atoms with Crippen LogP contribution < -0.4 is 5.32 Å².